The van der Waals surface area contributed by atoms with Crippen LogP contribution in [-0.4, -0.2) is 28.6 Å². The highest BCUT2D eigenvalue weighted by Crippen LogP contribution is 2.08. The van der Waals surface area contributed by atoms with Crippen molar-refractivity contribution in [2.75, 3.05) is 6.61 Å². The molecule has 0 aliphatic heterocycles. The molecule has 1 N–H and O–H groups in total. The number of hydrogen-bond acceptors (Lipinski definition) is 4. The number of aromatic carboxylic acids is 1. The Balaban J connectivity index is 2.54. The van der Waals surface area contributed by atoms with E-state index in [-0.39, 0.29) is 11.3 Å². The molecule has 0 saturated carbocycles. The molecular formula is C13H17NO4. The van der Waals surface area contributed by atoms with Gasteiger partial charge >= 0.3 is 11.9 Å². The molecule has 18 heavy (non-hydrogen) atoms. The Morgan fingerprint density at radius 2 is 2.11 bits per heavy atom. The molecule has 0 unspecified atom stereocenters. The summed E-state index contributed by atoms with van der Waals surface area (Å²) in [6, 6.07) is 2.81. The zero-order valence-electron chi connectivity index (χ0n) is 10.4. The van der Waals surface area contributed by atoms with E-state index in [9.17, 15) is 9.59 Å². The van der Waals surface area contributed by atoms with E-state index in [0.29, 0.717) is 6.61 Å². The van der Waals surface area contributed by atoms with Crippen LogP contribution >= 0.6 is 0 Å². The number of carbonyl (C=O) groups excluding carboxylic acids is 1. The molecular weight excluding hydrogens is 234 g/mol. The Labute approximate surface area is 106 Å². The van der Waals surface area contributed by atoms with Gasteiger partial charge in [-0.05, 0) is 18.6 Å². The van der Waals surface area contributed by atoms with E-state index in [4.69, 9.17) is 9.84 Å². The Morgan fingerprint density at radius 1 is 1.33 bits per heavy atom. The van der Waals surface area contributed by atoms with Crippen LogP contribution in [0.15, 0.2) is 18.3 Å². The summed E-state index contributed by atoms with van der Waals surface area (Å²) < 4.78 is 5.00. The first-order valence-electron chi connectivity index (χ1n) is 6.02. The van der Waals surface area contributed by atoms with E-state index in [0.717, 1.165) is 25.7 Å². The van der Waals surface area contributed by atoms with Crippen LogP contribution in [0, 0.1) is 0 Å². The second-order valence-electron chi connectivity index (χ2n) is 3.90. The lowest BCUT2D eigenvalue weighted by Crippen LogP contribution is -2.14. The standard InChI is InChI=1S/C13H17NO4/c1-2-3-4-5-9-18-13(17)11-10(12(15)16)7-6-8-14-11/h6-8H,2-5,9H2,1H3,(H,15,16). The van der Waals surface area contributed by atoms with E-state index in [1.807, 2.05) is 0 Å². The lowest BCUT2D eigenvalue weighted by atomic mass is 10.2. The maximum atomic E-state index is 11.7. The maximum Gasteiger partial charge on any atom is 0.357 e. The monoisotopic (exact) mass is 251 g/mol. The van der Waals surface area contributed by atoms with E-state index in [1.165, 1.54) is 18.3 Å². The summed E-state index contributed by atoms with van der Waals surface area (Å²) in [4.78, 5) is 26.3. The van der Waals surface area contributed by atoms with Crippen LogP contribution in [0.25, 0.3) is 0 Å². The lowest BCUT2D eigenvalue weighted by Gasteiger charge is -2.05. The third-order valence-corrected chi connectivity index (χ3v) is 2.46. The molecule has 0 spiro atoms. The first-order chi connectivity index (χ1) is 8.66. The molecule has 0 aliphatic rings. The maximum absolute atomic E-state index is 11.7. The fraction of sp³-hybridized carbons (Fsp3) is 0.462. The van der Waals surface area contributed by atoms with Gasteiger partial charge in [-0.25, -0.2) is 14.6 Å². The van der Waals surface area contributed by atoms with Crippen LogP contribution in [0.5, 0.6) is 0 Å². The molecule has 0 aliphatic carbocycles. The smallest absolute Gasteiger partial charge is 0.357 e. The first kappa shape index (κ1) is 14.2. The summed E-state index contributed by atoms with van der Waals surface area (Å²) in [7, 11) is 0. The number of hydrogen-bond donors (Lipinski definition) is 1. The summed E-state index contributed by atoms with van der Waals surface area (Å²) >= 11 is 0. The van der Waals surface area contributed by atoms with Gasteiger partial charge in [0.15, 0.2) is 5.69 Å². The molecule has 5 heteroatoms. The Kier molecular flexibility index (Phi) is 5.84. The van der Waals surface area contributed by atoms with Crippen molar-refractivity contribution < 1.29 is 19.4 Å². The van der Waals surface area contributed by atoms with E-state index < -0.39 is 11.9 Å². The largest absolute Gasteiger partial charge is 0.478 e. The lowest BCUT2D eigenvalue weighted by molar-refractivity contribution is 0.0480. The van der Waals surface area contributed by atoms with Crippen molar-refractivity contribution in [2.24, 2.45) is 0 Å². The number of ether oxygens (including phenoxy) is 1. The molecule has 0 radical (unpaired) electrons. The molecule has 0 aromatic carbocycles. The molecule has 1 rings (SSSR count). The molecule has 1 aromatic rings. The molecule has 0 bridgehead atoms. The van der Waals surface area contributed by atoms with Gasteiger partial charge in [0.05, 0.1) is 12.2 Å². The van der Waals surface area contributed by atoms with Crippen LogP contribution in [0.4, 0.5) is 0 Å². The second-order valence-corrected chi connectivity index (χ2v) is 3.90. The van der Waals surface area contributed by atoms with Crippen molar-refractivity contribution in [1.29, 1.82) is 0 Å². The molecule has 5 nitrogen and oxygen atoms in total. The van der Waals surface area contributed by atoms with Gasteiger partial charge in [-0.15, -0.1) is 0 Å². The third-order valence-electron chi connectivity index (χ3n) is 2.46. The van der Waals surface area contributed by atoms with Crippen LogP contribution in [0.1, 0.15) is 53.5 Å². The Bertz CT molecular complexity index is 417. The SMILES string of the molecule is CCCCCCOC(=O)c1ncccc1C(=O)O. The number of carbonyl (C=O) groups is 2. The van der Waals surface area contributed by atoms with Crippen LogP contribution in [0.3, 0.4) is 0 Å². The zero-order valence-corrected chi connectivity index (χ0v) is 10.4. The second kappa shape index (κ2) is 7.42. The van der Waals surface area contributed by atoms with E-state index in [2.05, 4.69) is 11.9 Å². The van der Waals surface area contributed by atoms with E-state index in [1.54, 1.807) is 0 Å². The minimum atomic E-state index is -1.18. The number of pyridine rings is 1. The van der Waals surface area contributed by atoms with Gasteiger partial charge in [-0.3, -0.25) is 0 Å². The minimum Gasteiger partial charge on any atom is -0.478 e. The fourth-order valence-electron chi connectivity index (χ4n) is 1.50. The molecule has 0 atom stereocenters. The summed E-state index contributed by atoms with van der Waals surface area (Å²) in [5.41, 5.74) is -0.267. The van der Waals surface area contributed by atoms with Crippen LogP contribution in [0.2, 0.25) is 0 Å². The number of esters is 1. The predicted octanol–water partition coefficient (Wildman–Crippen LogP) is 2.52. The zero-order chi connectivity index (χ0) is 13.4. The fourth-order valence-corrected chi connectivity index (χ4v) is 1.50. The number of carboxylic acids is 1. The van der Waals surface area contributed by atoms with Crippen molar-refractivity contribution in [1.82, 2.24) is 4.98 Å². The van der Waals surface area contributed by atoms with Crippen molar-refractivity contribution in [3.8, 4) is 0 Å². The Morgan fingerprint density at radius 3 is 2.78 bits per heavy atom. The van der Waals surface area contributed by atoms with Crippen molar-refractivity contribution in [2.45, 2.75) is 32.6 Å². The van der Waals surface area contributed by atoms with Crippen molar-refractivity contribution >= 4 is 11.9 Å². The summed E-state index contributed by atoms with van der Waals surface area (Å²) in [6.45, 7) is 2.40. The van der Waals surface area contributed by atoms with Crippen LogP contribution < -0.4 is 0 Å². The average Bonchev–Trinajstić information content (AvgIpc) is 2.38. The highest BCUT2D eigenvalue weighted by atomic mass is 16.5. The van der Waals surface area contributed by atoms with Gasteiger partial charge in [-0.1, -0.05) is 26.2 Å². The highest BCUT2D eigenvalue weighted by molar-refractivity contribution is 6.00. The molecule has 98 valence electrons. The first-order valence-corrected chi connectivity index (χ1v) is 6.02. The molecule has 1 heterocycles. The van der Waals surface area contributed by atoms with Gasteiger partial charge < -0.3 is 9.84 Å². The van der Waals surface area contributed by atoms with Gasteiger partial charge in [0.1, 0.15) is 0 Å². The van der Waals surface area contributed by atoms with Crippen molar-refractivity contribution in [3.63, 3.8) is 0 Å². The summed E-state index contributed by atoms with van der Waals surface area (Å²) in [5, 5.41) is 8.91. The minimum absolute atomic E-state index is 0.129. The summed E-state index contributed by atoms with van der Waals surface area (Å²) in [6.07, 6.45) is 5.37. The molecule has 0 amide bonds. The predicted molar refractivity (Wildman–Crippen MR) is 65.6 cm³/mol. The number of nitrogens with zero attached hydrogens (tertiary/aromatic N) is 1. The topological polar surface area (TPSA) is 76.5 Å². The number of carboxylic acid groups (broad SMARTS) is 1. The number of aromatic nitrogens is 1. The highest BCUT2D eigenvalue weighted by Gasteiger charge is 2.18. The summed E-state index contributed by atoms with van der Waals surface area (Å²) in [5.74, 6) is -1.86. The third kappa shape index (κ3) is 4.16. The molecule has 0 saturated heterocycles. The normalized spacial score (nSPS) is 10.1. The van der Waals surface area contributed by atoms with Crippen molar-refractivity contribution in [3.05, 3.63) is 29.6 Å². The van der Waals surface area contributed by atoms with E-state index >= 15 is 0 Å². The number of unbranched alkanes of at least 4 members (excludes halogenated alkanes) is 3. The molecule has 0 fully saturated rings. The number of rotatable bonds is 7. The Hall–Kier alpha value is -1.91. The van der Waals surface area contributed by atoms with Gasteiger partial charge in [0, 0.05) is 6.20 Å². The van der Waals surface area contributed by atoms with Gasteiger partial charge in [0.25, 0.3) is 0 Å². The van der Waals surface area contributed by atoms with Crippen LogP contribution in [-0.2, 0) is 4.74 Å². The van der Waals surface area contributed by atoms with Gasteiger partial charge in [-0.2, -0.15) is 0 Å². The average molecular weight is 251 g/mol. The molecule has 1 aromatic heterocycles. The van der Waals surface area contributed by atoms with Gasteiger partial charge in [0.2, 0.25) is 0 Å². The quantitative estimate of drug-likeness (QED) is 0.595.